The molecule has 11 heteroatoms. The Balaban J connectivity index is 1.46. The third-order valence-corrected chi connectivity index (χ3v) is 7.57. The topological polar surface area (TPSA) is 126 Å². The van der Waals surface area contributed by atoms with Crippen molar-refractivity contribution in [2.75, 3.05) is 38.0 Å². The van der Waals surface area contributed by atoms with E-state index in [9.17, 15) is 9.59 Å². The van der Waals surface area contributed by atoms with E-state index in [0.717, 1.165) is 30.8 Å². The van der Waals surface area contributed by atoms with E-state index in [1.165, 1.54) is 12.8 Å². The zero-order valence-corrected chi connectivity index (χ0v) is 24.5. The molecule has 11 nitrogen and oxygen atoms in total. The smallest absolute Gasteiger partial charge is 0.257 e. The molecule has 2 amide bonds. The Hall–Kier alpha value is -3.83. The van der Waals surface area contributed by atoms with Gasteiger partial charge in [-0.15, -0.1) is 0 Å². The van der Waals surface area contributed by atoms with Gasteiger partial charge in [0.25, 0.3) is 11.8 Å². The number of hydrogen-bond acceptors (Lipinski definition) is 8. The van der Waals surface area contributed by atoms with Crippen molar-refractivity contribution in [3.63, 3.8) is 0 Å². The number of hydrogen-bond donors (Lipinski definition) is 3. The monoisotopic (exact) mass is 560 g/mol. The van der Waals surface area contributed by atoms with Gasteiger partial charge in [0.2, 0.25) is 0 Å². The van der Waals surface area contributed by atoms with E-state index in [0.29, 0.717) is 53.6 Å². The van der Waals surface area contributed by atoms with Gasteiger partial charge in [-0.1, -0.05) is 0 Å². The summed E-state index contributed by atoms with van der Waals surface area (Å²) in [4.78, 5) is 38.3. The molecular weight excluding hydrogens is 520 g/mol. The Kier molecular flexibility index (Phi) is 8.65. The van der Waals surface area contributed by atoms with Crippen LogP contribution in [0.15, 0.2) is 30.7 Å². The summed E-state index contributed by atoms with van der Waals surface area (Å²) in [5, 5.41) is 13.5. The first-order valence-corrected chi connectivity index (χ1v) is 14.4. The highest BCUT2D eigenvalue weighted by Crippen LogP contribution is 2.39. The minimum atomic E-state index is -0.503. The third kappa shape index (κ3) is 6.91. The fraction of sp³-hybridized carbons (Fsp3) is 0.500. The van der Waals surface area contributed by atoms with Crippen LogP contribution in [0.2, 0.25) is 0 Å². The van der Waals surface area contributed by atoms with E-state index >= 15 is 0 Å². The fourth-order valence-corrected chi connectivity index (χ4v) is 5.24. The van der Waals surface area contributed by atoms with Gasteiger partial charge >= 0.3 is 0 Å². The molecule has 0 spiro atoms. The van der Waals surface area contributed by atoms with E-state index in [2.05, 4.69) is 32.9 Å². The lowest BCUT2D eigenvalue weighted by atomic mass is 10.0. The van der Waals surface area contributed by atoms with Crippen LogP contribution in [0.4, 0.5) is 5.82 Å². The van der Waals surface area contributed by atoms with Gasteiger partial charge < -0.3 is 20.7 Å². The Labute approximate surface area is 241 Å². The van der Waals surface area contributed by atoms with Crippen molar-refractivity contribution in [3.8, 4) is 5.75 Å². The lowest BCUT2D eigenvalue weighted by molar-refractivity contribution is 0.0924. The number of carbonyl (C=O) groups is 2. The summed E-state index contributed by atoms with van der Waals surface area (Å²) in [5.41, 5.74) is 3.34. The molecule has 0 bridgehead atoms. The number of anilines is 1. The molecule has 2 fully saturated rings. The van der Waals surface area contributed by atoms with Crippen molar-refractivity contribution in [3.05, 3.63) is 64.4 Å². The normalized spacial score (nSPS) is 18.1. The number of ether oxygens (including phenoxy) is 1. The molecule has 218 valence electrons. The molecule has 1 aliphatic heterocycles. The van der Waals surface area contributed by atoms with Gasteiger partial charge in [0, 0.05) is 75.5 Å². The molecule has 3 aromatic rings. The second-order valence-corrected chi connectivity index (χ2v) is 11.2. The first-order chi connectivity index (χ1) is 19.7. The SMILES string of the molecule is CCNC(=O)c1cc(C(=O)Nc2nn(C)cc2C)c(C)cc1OC(CN1CCN[C@H](C)C1)c1ncc(C2CC2)cn1. The summed E-state index contributed by atoms with van der Waals surface area (Å²) >= 11 is 0. The third-order valence-electron chi connectivity index (χ3n) is 7.57. The maximum Gasteiger partial charge on any atom is 0.257 e. The molecule has 2 aromatic heterocycles. The van der Waals surface area contributed by atoms with Crippen molar-refractivity contribution in [1.82, 2.24) is 35.3 Å². The molecule has 2 aliphatic rings. The van der Waals surface area contributed by atoms with Crippen LogP contribution in [0, 0.1) is 13.8 Å². The molecule has 1 aromatic carbocycles. The van der Waals surface area contributed by atoms with E-state index in [1.54, 1.807) is 23.9 Å². The minimum absolute atomic E-state index is 0.286. The van der Waals surface area contributed by atoms with E-state index in [4.69, 9.17) is 14.7 Å². The Morgan fingerprint density at radius 3 is 2.51 bits per heavy atom. The van der Waals surface area contributed by atoms with Gasteiger partial charge in [0.15, 0.2) is 17.7 Å². The number of aryl methyl sites for hydroxylation is 3. The van der Waals surface area contributed by atoms with Gasteiger partial charge in [-0.25, -0.2) is 9.97 Å². The first kappa shape index (κ1) is 28.7. The Morgan fingerprint density at radius 1 is 1.12 bits per heavy atom. The van der Waals surface area contributed by atoms with Crippen molar-refractivity contribution in [2.24, 2.45) is 7.05 Å². The predicted molar refractivity (Wildman–Crippen MR) is 156 cm³/mol. The molecule has 5 rings (SSSR count). The quantitative estimate of drug-likeness (QED) is 0.345. The van der Waals surface area contributed by atoms with Crippen molar-refractivity contribution in [1.29, 1.82) is 0 Å². The number of amides is 2. The minimum Gasteiger partial charge on any atom is -0.480 e. The summed E-state index contributed by atoms with van der Waals surface area (Å²) in [6.45, 7) is 11.4. The van der Waals surface area contributed by atoms with Crippen LogP contribution in [0.1, 0.15) is 81.9 Å². The molecule has 0 radical (unpaired) electrons. The summed E-state index contributed by atoms with van der Waals surface area (Å²) in [6.07, 6.45) is 7.49. The summed E-state index contributed by atoms with van der Waals surface area (Å²) in [6, 6.07) is 3.72. The van der Waals surface area contributed by atoms with Gasteiger partial charge in [0.1, 0.15) is 5.75 Å². The van der Waals surface area contributed by atoms with Crippen LogP contribution in [-0.2, 0) is 7.05 Å². The van der Waals surface area contributed by atoms with Crippen molar-refractivity contribution in [2.45, 2.75) is 58.6 Å². The molecule has 1 unspecified atom stereocenters. The number of nitrogens with zero attached hydrogens (tertiary/aromatic N) is 5. The standard InChI is InChI=1S/C30H40N8O3/c1-6-31-29(39)24-12-23(30(40)35-27-19(3)15-37(5)36-27)18(2)11-25(24)41-26(17-38-10-9-32-20(4)16-38)28-33-13-22(14-34-28)21-7-8-21/h11-15,20-21,26,32H,6-10,16-17H2,1-5H3,(H,31,39)(H,35,36,40)/t20-,26?/m1/s1. The maximum atomic E-state index is 13.3. The largest absolute Gasteiger partial charge is 0.480 e. The van der Waals surface area contributed by atoms with Crippen LogP contribution >= 0.6 is 0 Å². The number of piperazine rings is 1. The zero-order chi connectivity index (χ0) is 29.1. The summed E-state index contributed by atoms with van der Waals surface area (Å²) in [5.74, 6) is 1.35. The number of aromatic nitrogens is 4. The highest BCUT2D eigenvalue weighted by molar-refractivity contribution is 6.07. The fourth-order valence-electron chi connectivity index (χ4n) is 5.24. The second kappa shape index (κ2) is 12.4. The van der Waals surface area contributed by atoms with Gasteiger partial charge in [-0.2, -0.15) is 5.10 Å². The summed E-state index contributed by atoms with van der Waals surface area (Å²) in [7, 11) is 1.80. The molecular formula is C30H40N8O3. The number of benzene rings is 1. The number of nitrogens with one attached hydrogen (secondary N) is 3. The van der Waals surface area contributed by atoms with E-state index < -0.39 is 6.10 Å². The molecule has 3 heterocycles. The highest BCUT2D eigenvalue weighted by atomic mass is 16.5. The average molecular weight is 561 g/mol. The molecule has 1 saturated heterocycles. The van der Waals surface area contributed by atoms with Crippen LogP contribution in [0.5, 0.6) is 5.75 Å². The van der Waals surface area contributed by atoms with Gasteiger partial charge in [-0.3, -0.25) is 19.2 Å². The molecule has 2 atom stereocenters. The molecule has 1 aliphatic carbocycles. The average Bonchev–Trinajstić information content (AvgIpc) is 3.73. The zero-order valence-electron chi connectivity index (χ0n) is 24.5. The Bertz CT molecular complexity index is 1400. The van der Waals surface area contributed by atoms with Gasteiger partial charge in [0.05, 0.1) is 5.56 Å². The lowest BCUT2D eigenvalue weighted by Gasteiger charge is -2.34. The highest BCUT2D eigenvalue weighted by Gasteiger charge is 2.29. The number of carbonyl (C=O) groups excluding carboxylic acids is 2. The summed E-state index contributed by atoms with van der Waals surface area (Å²) < 4.78 is 8.26. The molecule has 3 N–H and O–H groups in total. The number of rotatable bonds is 10. The van der Waals surface area contributed by atoms with Crippen LogP contribution < -0.4 is 20.7 Å². The van der Waals surface area contributed by atoms with Crippen LogP contribution in [0.3, 0.4) is 0 Å². The van der Waals surface area contributed by atoms with Gasteiger partial charge in [-0.05, 0) is 69.7 Å². The predicted octanol–water partition coefficient (Wildman–Crippen LogP) is 3.12. The second-order valence-electron chi connectivity index (χ2n) is 11.2. The lowest BCUT2D eigenvalue weighted by Crippen LogP contribution is -2.50. The molecule has 41 heavy (non-hydrogen) atoms. The van der Waals surface area contributed by atoms with E-state index in [1.807, 2.05) is 39.4 Å². The maximum absolute atomic E-state index is 13.3. The molecule has 1 saturated carbocycles. The van der Waals surface area contributed by atoms with Crippen LogP contribution in [-0.4, -0.2) is 75.2 Å². The van der Waals surface area contributed by atoms with Crippen molar-refractivity contribution < 1.29 is 14.3 Å². The van der Waals surface area contributed by atoms with Crippen molar-refractivity contribution >= 4 is 17.6 Å². The Morgan fingerprint density at radius 2 is 1.88 bits per heavy atom. The van der Waals surface area contributed by atoms with E-state index in [-0.39, 0.29) is 17.4 Å². The van der Waals surface area contributed by atoms with Crippen LogP contribution in [0.25, 0.3) is 0 Å². The first-order valence-electron chi connectivity index (χ1n) is 14.4.